The van der Waals surface area contributed by atoms with Crippen molar-refractivity contribution < 1.29 is 21.6 Å². The fraction of sp³-hybridized carbons (Fsp3) is 1.00. The Morgan fingerprint density at radius 3 is 2.13 bits per heavy atom. The normalized spacial score (nSPS) is 25.1. The van der Waals surface area contributed by atoms with Crippen LogP contribution in [0.25, 0.3) is 0 Å². The summed E-state index contributed by atoms with van der Waals surface area (Å²) < 4.78 is 58.5. The summed E-state index contributed by atoms with van der Waals surface area (Å²) in [4.78, 5) is -0.0840. The summed E-state index contributed by atoms with van der Waals surface area (Å²) in [6, 6.07) is 0. The van der Waals surface area contributed by atoms with Gasteiger partial charge in [-0.3, -0.25) is 4.90 Å². The second-order valence-electron chi connectivity index (χ2n) is 3.46. The van der Waals surface area contributed by atoms with Crippen LogP contribution in [0.15, 0.2) is 0 Å². The molecule has 1 saturated heterocycles. The van der Waals surface area contributed by atoms with E-state index in [4.69, 9.17) is 0 Å². The molecule has 1 fully saturated rings. The van der Waals surface area contributed by atoms with E-state index in [-0.39, 0.29) is 31.1 Å². The number of alkyl halides is 4. The molecule has 1 aliphatic heterocycles. The molecule has 0 spiro atoms. The third-order valence-corrected chi connectivity index (χ3v) is 4.63. The largest absolute Gasteiger partial charge is 0.402 e. The Morgan fingerprint density at radius 1 is 1.27 bits per heavy atom. The lowest BCUT2D eigenvalue weighted by molar-refractivity contribution is -0.130. The quantitative estimate of drug-likeness (QED) is 0.715. The van der Waals surface area contributed by atoms with Crippen molar-refractivity contribution in [3.63, 3.8) is 0 Å². The van der Waals surface area contributed by atoms with E-state index in [0.717, 1.165) is 0 Å². The molecule has 1 aliphatic rings. The van der Waals surface area contributed by atoms with E-state index in [2.05, 4.69) is 15.9 Å². The predicted octanol–water partition coefficient (Wildman–Crippen LogP) is 1.04. The van der Waals surface area contributed by atoms with Gasteiger partial charge in [0.15, 0.2) is 9.84 Å². The standard InChI is InChI=1S/C7H11BrF3NO2S/c8-6(7(9,10)11)5-12-1-3-15(13,14)4-2-12/h6H,1-5H2. The van der Waals surface area contributed by atoms with Gasteiger partial charge in [0.1, 0.15) is 4.83 Å². The first-order valence-corrected chi connectivity index (χ1v) is 7.08. The van der Waals surface area contributed by atoms with Gasteiger partial charge in [0.2, 0.25) is 0 Å². The number of halogens is 4. The Labute approximate surface area is 94.7 Å². The Bertz CT molecular complexity index is 303. The van der Waals surface area contributed by atoms with Crippen molar-refractivity contribution >= 4 is 25.8 Å². The van der Waals surface area contributed by atoms with Gasteiger partial charge in [-0.2, -0.15) is 13.2 Å². The van der Waals surface area contributed by atoms with Crippen LogP contribution >= 0.6 is 15.9 Å². The van der Waals surface area contributed by atoms with Gasteiger partial charge in [0.05, 0.1) is 11.5 Å². The molecule has 8 heteroatoms. The lowest BCUT2D eigenvalue weighted by Crippen LogP contribution is -2.45. The van der Waals surface area contributed by atoms with Gasteiger partial charge in [-0.05, 0) is 0 Å². The van der Waals surface area contributed by atoms with Crippen molar-refractivity contribution in [1.29, 1.82) is 0 Å². The van der Waals surface area contributed by atoms with Crippen LogP contribution in [-0.2, 0) is 9.84 Å². The number of nitrogens with zero attached hydrogens (tertiary/aromatic N) is 1. The van der Waals surface area contributed by atoms with Crippen LogP contribution in [0.2, 0.25) is 0 Å². The average Bonchev–Trinajstić information content (AvgIpc) is 2.07. The SMILES string of the molecule is O=S1(=O)CCN(CC(Br)C(F)(F)F)CC1. The second-order valence-corrected chi connectivity index (χ2v) is 6.87. The summed E-state index contributed by atoms with van der Waals surface area (Å²) in [5.74, 6) is -0.102. The van der Waals surface area contributed by atoms with Gasteiger partial charge in [0.25, 0.3) is 0 Å². The van der Waals surface area contributed by atoms with Crippen LogP contribution in [0.4, 0.5) is 13.2 Å². The van der Waals surface area contributed by atoms with Gasteiger partial charge in [0, 0.05) is 19.6 Å². The van der Waals surface area contributed by atoms with E-state index < -0.39 is 20.8 Å². The molecular formula is C7H11BrF3NO2S. The van der Waals surface area contributed by atoms with Crippen LogP contribution in [0.1, 0.15) is 0 Å². The molecule has 0 aromatic rings. The van der Waals surface area contributed by atoms with Crippen LogP contribution < -0.4 is 0 Å². The van der Waals surface area contributed by atoms with Gasteiger partial charge < -0.3 is 0 Å². The topological polar surface area (TPSA) is 37.4 Å². The number of sulfone groups is 1. The molecular weight excluding hydrogens is 299 g/mol. The minimum absolute atomic E-state index is 0.0510. The Balaban J connectivity index is 2.43. The molecule has 0 N–H and O–H groups in total. The second kappa shape index (κ2) is 4.58. The fourth-order valence-corrected chi connectivity index (χ4v) is 2.95. The third-order valence-electron chi connectivity index (χ3n) is 2.21. The first-order valence-electron chi connectivity index (χ1n) is 4.34. The molecule has 0 amide bonds. The van der Waals surface area contributed by atoms with Crippen molar-refractivity contribution in [2.24, 2.45) is 0 Å². The highest BCUT2D eigenvalue weighted by atomic mass is 79.9. The highest BCUT2D eigenvalue weighted by Gasteiger charge is 2.39. The van der Waals surface area contributed by atoms with E-state index in [1.54, 1.807) is 0 Å². The molecule has 0 aromatic carbocycles. The first kappa shape index (κ1) is 13.2. The van der Waals surface area contributed by atoms with E-state index in [1.807, 2.05) is 0 Å². The summed E-state index contributed by atoms with van der Waals surface area (Å²) in [7, 11) is -3.03. The maximum atomic E-state index is 12.2. The highest BCUT2D eigenvalue weighted by molar-refractivity contribution is 9.09. The molecule has 0 aliphatic carbocycles. The summed E-state index contributed by atoms with van der Waals surface area (Å²) in [5, 5.41) is 0. The maximum absolute atomic E-state index is 12.2. The smallest absolute Gasteiger partial charge is 0.300 e. The molecule has 0 saturated carbocycles. The van der Waals surface area contributed by atoms with Gasteiger partial charge in [-0.25, -0.2) is 8.42 Å². The maximum Gasteiger partial charge on any atom is 0.402 e. The molecule has 1 unspecified atom stereocenters. The number of hydrogen-bond donors (Lipinski definition) is 0. The Kier molecular flexibility index (Phi) is 4.05. The van der Waals surface area contributed by atoms with Gasteiger partial charge in [-0.1, -0.05) is 15.9 Å². The van der Waals surface area contributed by atoms with Crippen LogP contribution in [0.5, 0.6) is 0 Å². The zero-order valence-electron chi connectivity index (χ0n) is 7.80. The van der Waals surface area contributed by atoms with Crippen LogP contribution in [0.3, 0.4) is 0 Å². The lowest BCUT2D eigenvalue weighted by atomic mass is 10.3. The fourth-order valence-electron chi connectivity index (χ4n) is 1.26. The molecule has 15 heavy (non-hydrogen) atoms. The summed E-state index contributed by atoms with van der Waals surface area (Å²) in [6.07, 6.45) is -4.28. The monoisotopic (exact) mass is 309 g/mol. The van der Waals surface area contributed by atoms with Crippen LogP contribution in [0, 0.1) is 0 Å². The van der Waals surface area contributed by atoms with Crippen molar-refractivity contribution in [3.8, 4) is 0 Å². The average molecular weight is 310 g/mol. The van der Waals surface area contributed by atoms with Crippen LogP contribution in [-0.4, -0.2) is 55.5 Å². The van der Waals surface area contributed by atoms with E-state index in [1.165, 1.54) is 4.90 Å². The number of hydrogen-bond acceptors (Lipinski definition) is 3. The van der Waals surface area contributed by atoms with E-state index in [9.17, 15) is 21.6 Å². The van der Waals surface area contributed by atoms with Crippen molar-refractivity contribution in [2.45, 2.75) is 11.0 Å². The van der Waals surface area contributed by atoms with Gasteiger partial charge >= 0.3 is 6.18 Å². The Hall–Kier alpha value is 0.180. The predicted molar refractivity (Wildman–Crippen MR) is 53.9 cm³/mol. The summed E-state index contributed by atoms with van der Waals surface area (Å²) in [5.41, 5.74) is 0. The summed E-state index contributed by atoms with van der Waals surface area (Å²) >= 11 is 2.55. The highest BCUT2D eigenvalue weighted by Crippen LogP contribution is 2.27. The molecule has 1 rings (SSSR count). The molecule has 90 valence electrons. The minimum Gasteiger partial charge on any atom is -0.300 e. The van der Waals surface area contributed by atoms with E-state index in [0.29, 0.717) is 0 Å². The zero-order valence-corrected chi connectivity index (χ0v) is 10.2. The number of rotatable bonds is 2. The molecule has 1 heterocycles. The first-order chi connectivity index (χ1) is 6.71. The summed E-state index contributed by atoms with van der Waals surface area (Å²) in [6.45, 7) is 0.167. The molecule has 0 bridgehead atoms. The zero-order chi connectivity index (χ0) is 11.7. The molecule has 3 nitrogen and oxygen atoms in total. The van der Waals surface area contributed by atoms with Crippen molar-refractivity contribution in [3.05, 3.63) is 0 Å². The third kappa shape index (κ3) is 4.28. The van der Waals surface area contributed by atoms with Crippen molar-refractivity contribution in [2.75, 3.05) is 31.1 Å². The Morgan fingerprint density at radius 2 is 1.73 bits per heavy atom. The molecule has 1 atom stereocenters. The minimum atomic E-state index is -4.28. The van der Waals surface area contributed by atoms with E-state index >= 15 is 0 Å². The van der Waals surface area contributed by atoms with Crippen molar-refractivity contribution in [1.82, 2.24) is 4.90 Å². The molecule has 0 radical (unpaired) electrons. The lowest BCUT2D eigenvalue weighted by Gasteiger charge is -2.28. The molecule has 0 aromatic heterocycles. The van der Waals surface area contributed by atoms with Gasteiger partial charge in [-0.15, -0.1) is 0 Å².